The Bertz CT molecular complexity index is 1210. The molecular weight excluding hydrogens is 366 g/mol. The highest BCUT2D eigenvalue weighted by Crippen LogP contribution is 2.22. The largest absolute Gasteiger partial charge is 0.344 e. The zero-order valence-corrected chi connectivity index (χ0v) is 16.2. The zero-order chi connectivity index (χ0) is 20.4. The second kappa shape index (κ2) is 7.71. The highest BCUT2D eigenvalue weighted by Gasteiger charge is 2.18. The lowest BCUT2D eigenvalue weighted by atomic mass is 9.98. The van der Waals surface area contributed by atoms with Crippen LogP contribution in [0.4, 0.5) is 0 Å². The lowest BCUT2D eigenvalue weighted by Crippen LogP contribution is -2.35. The fourth-order valence-corrected chi connectivity index (χ4v) is 3.30. The first-order valence-electron chi connectivity index (χ1n) is 9.31. The van der Waals surface area contributed by atoms with Crippen LogP contribution in [-0.4, -0.2) is 25.2 Å². The molecule has 0 aliphatic carbocycles. The number of nitrogens with zero attached hydrogens (tertiary/aromatic N) is 4. The number of fused-ring (bicyclic) bond motifs is 1. The van der Waals surface area contributed by atoms with Crippen LogP contribution >= 0.6 is 0 Å². The molecule has 4 aromatic rings. The summed E-state index contributed by atoms with van der Waals surface area (Å²) in [7, 11) is 1.72. The molecule has 0 fully saturated rings. The van der Waals surface area contributed by atoms with Crippen molar-refractivity contribution in [3.05, 3.63) is 94.2 Å². The number of hydrogen-bond acceptors (Lipinski definition) is 4. The highest BCUT2D eigenvalue weighted by atomic mass is 16.2. The van der Waals surface area contributed by atoms with Crippen LogP contribution in [0.1, 0.15) is 22.7 Å². The molecule has 0 radical (unpaired) electrons. The van der Waals surface area contributed by atoms with E-state index in [9.17, 15) is 9.59 Å². The van der Waals surface area contributed by atoms with E-state index in [4.69, 9.17) is 0 Å². The van der Waals surface area contributed by atoms with Crippen molar-refractivity contribution < 1.29 is 4.79 Å². The Morgan fingerprint density at radius 1 is 1.07 bits per heavy atom. The van der Waals surface area contributed by atoms with Crippen molar-refractivity contribution in [1.29, 1.82) is 0 Å². The molecule has 0 saturated heterocycles. The van der Waals surface area contributed by atoms with E-state index in [1.165, 1.54) is 21.8 Å². The molecule has 0 aliphatic rings. The fourth-order valence-electron chi connectivity index (χ4n) is 3.30. The van der Waals surface area contributed by atoms with Crippen LogP contribution in [0.15, 0.2) is 71.9 Å². The number of carbonyl (C=O) groups excluding carboxylic acids is 1. The smallest absolute Gasteiger partial charge is 0.264 e. The van der Waals surface area contributed by atoms with Crippen molar-refractivity contribution >= 4 is 16.9 Å². The average Bonchev–Trinajstić information content (AvgIpc) is 3.11. The van der Waals surface area contributed by atoms with Crippen molar-refractivity contribution in [2.24, 2.45) is 7.05 Å². The van der Waals surface area contributed by atoms with Crippen molar-refractivity contribution in [2.45, 2.75) is 19.5 Å². The number of hydrogen-bond donors (Lipinski definition) is 1. The number of carbonyl (C=O) groups is 1. The topological polar surface area (TPSA) is 81.8 Å². The van der Waals surface area contributed by atoms with Gasteiger partial charge in [-0.2, -0.15) is 5.10 Å². The Morgan fingerprint density at radius 2 is 1.76 bits per heavy atom. The molecule has 7 heteroatoms. The molecule has 0 aliphatic heterocycles. The summed E-state index contributed by atoms with van der Waals surface area (Å²) in [5.41, 5.74) is 3.30. The molecule has 0 saturated carbocycles. The molecule has 0 spiro atoms. The van der Waals surface area contributed by atoms with Crippen molar-refractivity contribution in [3.8, 4) is 0 Å². The first-order valence-corrected chi connectivity index (χ1v) is 9.31. The third-order valence-electron chi connectivity index (χ3n) is 4.88. The first kappa shape index (κ1) is 18.6. The minimum atomic E-state index is -0.310. The average molecular weight is 387 g/mol. The van der Waals surface area contributed by atoms with Gasteiger partial charge in [-0.15, -0.1) is 0 Å². The normalized spacial score (nSPS) is 12.1. The van der Waals surface area contributed by atoms with E-state index in [0.717, 1.165) is 16.7 Å². The summed E-state index contributed by atoms with van der Waals surface area (Å²) in [6.07, 6.45) is 2.85. The highest BCUT2D eigenvalue weighted by molar-refractivity contribution is 5.78. The summed E-state index contributed by atoms with van der Waals surface area (Å²) in [5, 5.41) is 7.49. The molecule has 7 nitrogen and oxygen atoms in total. The summed E-state index contributed by atoms with van der Waals surface area (Å²) in [6, 6.07) is 17.5. The van der Waals surface area contributed by atoms with E-state index < -0.39 is 0 Å². The molecule has 29 heavy (non-hydrogen) atoms. The van der Waals surface area contributed by atoms with E-state index >= 15 is 0 Å². The van der Waals surface area contributed by atoms with Crippen LogP contribution in [0.3, 0.4) is 0 Å². The Hall–Kier alpha value is -3.74. The Balaban J connectivity index is 1.61. The lowest BCUT2D eigenvalue weighted by Gasteiger charge is -2.20. The number of rotatable bonds is 5. The predicted octanol–water partition coefficient (Wildman–Crippen LogP) is 2.34. The van der Waals surface area contributed by atoms with Gasteiger partial charge < -0.3 is 5.32 Å². The number of benzene rings is 2. The second-order valence-electron chi connectivity index (χ2n) is 7.00. The van der Waals surface area contributed by atoms with Gasteiger partial charge in [0.25, 0.3) is 5.56 Å². The first-order chi connectivity index (χ1) is 14.0. The van der Waals surface area contributed by atoms with E-state index in [-0.39, 0.29) is 24.1 Å². The van der Waals surface area contributed by atoms with Gasteiger partial charge >= 0.3 is 0 Å². The van der Waals surface area contributed by atoms with Gasteiger partial charge in [-0.1, -0.05) is 60.2 Å². The maximum Gasteiger partial charge on any atom is 0.264 e. The number of aryl methyl sites for hydroxylation is 2. The molecule has 146 valence electrons. The minimum Gasteiger partial charge on any atom is -0.344 e. The van der Waals surface area contributed by atoms with Crippen LogP contribution < -0.4 is 10.9 Å². The van der Waals surface area contributed by atoms with Crippen LogP contribution in [0.5, 0.6) is 0 Å². The van der Waals surface area contributed by atoms with Crippen LogP contribution in [0, 0.1) is 6.92 Å². The van der Waals surface area contributed by atoms with Gasteiger partial charge in [0, 0.05) is 7.05 Å². The Kier molecular flexibility index (Phi) is 4.95. The summed E-state index contributed by atoms with van der Waals surface area (Å²) < 4.78 is 2.83. The van der Waals surface area contributed by atoms with Gasteiger partial charge in [-0.25, -0.2) is 4.98 Å². The molecule has 2 heterocycles. The summed E-state index contributed by atoms with van der Waals surface area (Å²) in [6.45, 7) is 1.90. The number of nitrogens with one attached hydrogen (secondary N) is 1. The quantitative estimate of drug-likeness (QED) is 0.570. The van der Waals surface area contributed by atoms with Gasteiger partial charge in [0.15, 0.2) is 5.65 Å². The van der Waals surface area contributed by atoms with Crippen LogP contribution in [0.2, 0.25) is 0 Å². The van der Waals surface area contributed by atoms with Gasteiger partial charge in [-0.3, -0.25) is 18.8 Å². The van der Waals surface area contributed by atoms with Crippen molar-refractivity contribution in [1.82, 2.24) is 24.6 Å². The monoisotopic (exact) mass is 387 g/mol. The maximum absolute atomic E-state index is 12.8. The summed E-state index contributed by atoms with van der Waals surface area (Å²) >= 11 is 0. The fraction of sp³-hybridized carbons (Fsp3) is 0.182. The van der Waals surface area contributed by atoms with E-state index in [1.54, 1.807) is 7.05 Å². The molecule has 1 atom stereocenters. The summed E-state index contributed by atoms with van der Waals surface area (Å²) in [4.78, 5) is 29.7. The van der Waals surface area contributed by atoms with Crippen LogP contribution in [0.25, 0.3) is 11.0 Å². The lowest BCUT2D eigenvalue weighted by molar-refractivity contribution is -0.122. The Morgan fingerprint density at radius 3 is 2.48 bits per heavy atom. The number of amides is 1. The number of aromatic nitrogens is 4. The van der Waals surface area contributed by atoms with E-state index in [1.807, 2.05) is 61.5 Å². The molecule has 2 aromatic carbocycles. The standard InChI is InChI=1S/C22H21N5O2/c1-15-8-10-17(11-9-15)20(16-6-4-3-5-7-16)25-19(28)13-27-14-23-21-18(22(27)29)12-24-26(21)2/h3-12,14,20H,13H2,1-2H3,(H,25,28)/t20-/m0/s1. The maximum atomic E-state index is 12.8. The molecule has 0 bridgehead atoms. The molecule has 4 rings (SSSR count). The molecule has 1 amide bonds. The predicted molar refractivity (Wildman–Crippen MR) is 110 cm³/mol. The second-order valence-corrected chi connectivity index (χ2v) is 7.00. The zero-order valence-electron chi connectivity index (χ0n) is 16.2. The minimum absolute atomic E-state index is 0.119. The third kappa shape index (κ3) is 3.80. The molecular formula is C22H21N5O2. The summed E-state index contributed by atoms with van der Waals surface area (Å²) in [5.74, 6) is -0.272. The van der Waals surface area contributed by atoms with E-state index in [2.05, 4.69) is 15.4 Å². The van der Waals surface area contributed by atoms with Gasteiger partial charge in [0.2, 0.25) is 5.91 Å². The molecule has 0 unspecified atom stereocenters. The SMILES string of the molecule is Cc1ccc([C@@H](NC(=O)Cn2cnc3c(cnn3C)c2=O)c2ccccc2)cc1. The molecule has 1 N–H and O–H groups in total. The van der Waals surface area contributed by atoms with Crippen molar-refractivity contribution in [2.75, 3.05) is 0 Å². The van der Waals surface area contributed by atoms with Crippen molar-refractivity contribution in [3.63, 3.8) is 0 Å². The van der Waals surface area contributed by atoms with Gasteiger partial charge in [0.1, 0.15) is 18.3 Å². The van der Waals surface area contributed by atoms with Gasteiger partial charge in [-0.05, 0) is 18.1 Å². The molecule has 2 aromatic heterocycles. The third-order valence-corrected chi connectivity index (χ3v) is 4.88. The van der Waals surface area contributed by atoms with E-state index in [0.29, 0.717) is 11.0 Å². The van der Waals surface area contributed by atoms with Crippen LogP contribution in [-0.2, 0) is 18.4 Å². The Labute approximate surface area is 167 Å². The van der Waals surface area contributed by atoms with Gasteiger partial charge in [0.05, 0.1) is 12.2 Å².